The maximum absolute atomic E-state index is 11.1. The van der Waals surface area contributed by atoms with Gasteiger partial charge in [0, 0.05) is 31.7 Å². The van der Waals surface area contributed by atoms with Crippen LogP contribution in [0, 0.1) is 0 Å². The molecule has 1 N–H and O–H groups in total. The topological polar surface area (TPSA) is 58.4 Å². The van der Waals surface area contributed by atoms with E-state index >= 15 is 0 Å². The summed E-state index contributed by atoms with van der Waals surface area (Å²) in [4.78, 5) is 13.5. The molecule has 1 aliphatic heterocycles. The van der Waals surface area contributed by atoms with Crippen molar-refractivity contribution in [1.82, 2.24) is 14.7 Å². The number of aromatic nitrogens is 2. The van der Waals surface area contributed by atoms with Gasteiger partial charge in [-0.05, 0) is 19.3 Å². The minimum absolute atomic E-state index is 0.366. The van der Waals surface area contributed by atoms with Crippen LogP contribution in [0.5, 0.6) is 0 Å². The Balaban J connectivity index is 1.94. The second-order valence-electron chi connectivity index (χ2n) is 4.65. The molecule has 1 fully saturated rings. The fraction of sp³-hybridized carbons (Fsp3) is 0.636. The summed E-state index contributed by atoms with van der Waals surface area (Å²) in [5.74, 6) is -0.865. The van der Waals surface area contributed by atoms with E-state index in [9.17, 15) is 4.79 Å². The molecule has 0 bridgehead atoms. The fourth-order valence-corrected chi connectivity index (χ4v) is 2.56. The first-order chi connectivity index (χ1) is 7.66. The van der Waals surface area contributed by atoms with Crippen molar-refractivity contribution in [3.63, 3.8) is 0 Å². The van der Waals surface area contributed by atoms with Crippen LogP contribution in [0.3, 0.4) is 0 Å². The van der Waals surface area contributed by atoms with Crippen LogP contribution in [-0.4, -0.2) is 38.3 Å². The number of fused-ring (bicyclic) bond motifs is 1. The van der Waals surface area contributed by atoms with E-state index in [0.717, 1.165) is 36.8 Å². The van der Waals surface area contributed by atoms with Gasteiger partial charge in [0.05, 0.1) is 5.69 Å². The summed E-state index contributed by atoms with van der Waals surface area (Å²) in [6.07, 6.45) is 3.39. The zero-order valence-electron chi connectivity index (χ0n) is 9.31. The van der Waals surface area contributed by atoms with Gasteiger partial charge in [0.25, 0.3) is 0 Å². The molecule has 3 rings (SSSR count). The van der Waals surface area contributed by atoms with E-state index in [1.807, 2.05) is 0 Å². The second-order valence-corrected chi connectivity index (χ2v) is 4.65. The molecule has 2 aliphatic rings. The molecule has 86 valence electrons. The number of hydrogen-bond donors (Lipinski definition) is 1. The zero-order valence-corrected chi connectivity index (χ0v) is 9.31. The molecule has 5 heteroatoms. The summed E-state index contributed by atoms with van der Waals surface area (Å²) in [5.41, 5.74) is 2.26. The molecule has 1 aliphatic carbocycles. The second kappa shape index (κ2) is 3.31. The molecule has 0 saturated heterocycles. The van der Waals surface area contributed by atoms with Crippen LogP contribution >= 0.6 is 0 Å². The van der Waals surface area contributed by atoms with Crippen LogP contribution < -0.4 is 0 Å². The van der Waals surface area contributed by atoms with Crippen LogP contribution in [0.15, 0.2) is 0 Å². The zero-order chi connectivity index (χ0) is 11.3. The SMILES string of the molecule is Cn1nc2c(c1C(=O)O)CCN(C1CC1)C2. The van der Waals surface area contributed by atoms with Crippen molar-refractivity contribution in [2.75, 3.05) is 6.54 Å². The maximum Gasteiger partial charge on any atom is 0.354 e. The highest BCUT2D eigenvalue weighted by molar-refractivity contribution is 5.87. The Labute approximate surface area is 93.7 Å². The fourth-order valence-electron chi connectivity index (χ4n) is 2.56. The summed E-state index contributed by atoms with van der Waals surface area (Å²) >= 11 is 0. The number of carboxylic acid groups (broad SMARTS) is 1. The van der Waals surface area contributed by atoms with Crippen molar-refractivity contribution in [3.05, 3.63) is 17.0 Å². The largest absolute Gasteiger partial charge is 0.477 e. The predicted molar refractivity (Wildman–Crippen MR) is 57.3 cm³/mol. The molecular formula is C11H15N3O2. The van der Waals surface area contributed by atoms with E-state index in [4.69, 9.17) is 5.11 Å². The van der Waals surface area contributed by atoms with Crippen LogP contribution in [0.4, 0.5) is 0 Å². The number of carbonyl (C=O) groups is 1. The van der Waals surface area contributed by atoms with Gasteiger partial charge in [0.2, 0.25) is 0 Å². The first kappa shape index (κ1) is 9.84. The van der Waals surface area contributed by atoms with Crippen molar-refractivity contribution in [1.29, 1.82) is 0 Å². The third-order valence-corrected chi connectivity index (χ3v) is 3.50. The Morgan fingerprint density at radius 3 is 2.88 bits per heavy atom. The summed E-state index contributed by atoms with van der Waals surface area (Å²) in [6.45, 7) is 1.80. The molecule has 0 radical (unpaired) electrons. The van der Waals surface area contributed by atoms with E-state index in [-0.39, 0.29) is 0 Å². The molecular weight excluding hydrogens is 206 g/mol. The molecule has 1 aromatic rings. The number of carboxylic acids is 1. The Hall–Kier alpha value is -1.36. The van der Waals surface area contributed by atoms with E-state index in [2.05, 4.69) is 10.00 Å². The van der Waals surface area contributed by atoms with E-state index in [1.54, 1.807) is 7.05 Å². The van der Waals surface area contributed by atoms with Crippen LogP contribution in [-0.2, 0) is 20.0 Å². The minimum atomic E-state index is -0.865. The van der Waals surface area contributed by atoms with Crippen LogP contribution in [0.25, 0.3) is 0 Å². The monoisotopic (exact) mass is 221 g/mol. The van der Waals surface area contributed by atoms with Gasteiger partial charge in [-0.2, -0.15) is 5.10 Å². The Morgan fingerprint density at radius 1 is 1.50 bits per heavy atom. The van der Waals surface area contributed by atoms with Gasteiger partial charge in [-0.25, -0.2) is 4.79 Å². The maximum atomic E-state index is 11.1. The van der Waals surface area contributed by atoms with Crippen molar-refractivity contribution in [2.24, 2.45) is 7.05 Å². The first-order valence-corrected chi connectivity index (χ1v) is 5.69. The van der Waals surface area contributed by atoms with Crippen LogP contribution in [0.1, 0.15) is 34.6 Å². The van der Waals surface area contributed by atoms with Crippen LogP contribution in [0.2, 0.25) is 0 Å². The van der Waals surface area contributed by atoms with Gasteiger partial charge < -0.3 is 5.11 Å². The molecule has 0 amide bonds. The van der Waals surface area contributed by atoms with Gasteiger partial charge in [-0.15, -0.1) is 0 Å². The number of nitrogens with zero attached hydrogens (tertiary/aromatic N) is 3. The van der Waals surface area contributed by atoms with Gasteiger partial charge in [0.1, 0.15) is 5.69 Å². The molecule has 1 saturated carbocycles. The minimum Gasteiger partial charge on any atom is -0.477 e. The molecule has 0 atom stereocenters. The quantitative estimate of drug-likeness (QED) is 0.796. The Morgan fingerprint density at radius 2 is 2.25 bits per heavy atom. The van der Waals surface area contributed by atoms with E-state index in [1.165, 1.54) is 17.5 Å². The molecule has 0 spiro atoms. The predicted octanol–water partition coefficient (Wildman–Crippen LogP) is 0.639. The lowest BCUT2D eigenvalue weighted by atomic mass is 10.0. The van der Waals surface area contributed by atoms with Gasteiger partial charge in [-0.1, -0.05) is 0 Å². The summed E-state index contributed by atoms with van der Waals surface area (Å²) in [6, 6.07) is 0.725. The molecule has 0 aromatic carbocycles. The molecule has 5 nitrogen and oxygen atoms in total. The highest BCUT2D eigenvalue weighted by Gasteiger charge is 2.34. The molecule has 1 aromatic heterocycles. The van der Waals surface area contributed by atoms with Gasteiger partial charge >= 0.3 is 5.97 Å². The average Bonchev–Trinajstić information content (AvgIpc) is 2.99. The summed E-state index contributed by atoms with van der Waals surface area (Å²) < 4.78 is 1.50. The number of aromatic carboxylic acids is 1. The third kappa shape index (κ3) is 1.43. The smallest absolute Gasteiger partial charge is 0.354 e. The average molecular weight is 221 g/mol. The lowest BCUT2D eigenvalue weighted by Crippen LogP contribution is -2.32. The summed E-state index contributed by atoms with van der Waals surface area (Å²) in [5, 5.41) is 13.5. The highest BCUT2D eigenvalue weighted by atomic mass is 16.4. The Kier molecular flexibility index (Phi) is 2.04. The number of hydrogen-bond acceptors (Lipinski definition) is 3. The van der Waals surface area contributed by atoms with Gasteiger partial charge in [-0.3, -0.25) is 9.58 Å². The number of rotatable bonds is 2. The molecule has 16 heavy (non-hydrogen) atoms. The molecule has 0 unspecified atom stereocenters. The van der Waals surface area contributed by atoms with Crippen molar-refractivity contribution in [3.8, 4) is 0 Å². The normalized spacial score (nSPS) is 20.8. The van der Waals surface area contributed by atoms with Crippen molar-refractivity contribution < 1.29 is 9.90 Å². The lowest BCUT2D eigenvalue weighted by Gasteiger charge is -2.25. The third-order valence-electron chi connectivity index (χ3n) is 3.50. The standard InChI is InChI=1S/C11H15N3O2/c1-13-10(11(15)16)8-4-5-14(7-2-3-7)6-9(8)12-13/h7H,2-6H2,1H3,(H,15,16). The highest BCUT2D eigenvalue weighted by Crippen LogP contribution is 2.32. The van der Waals surface area contributed by atoms with Crippen molar-refractivity contribution in [2.45, 2.75) is 31.8 Å². The Bertz CT molecular complexity index is 448. The first-order valence-electron chi connectivity index (χ1n) is 5.69. The summed E-state index contributed by atoms with van der Waals surface area (Å²) in [7, 11) is 1.71. The lowest BCUT2D eigenvalue weighted by molar-refractivity contribution is 0.0683. The van der Waals surface area contributed by atoms with Crippen molar-refractivity contribution >= 4 is 5.97 Å². The van der Waals surface area contributed by atoms with E-state index < -0.39 is 5.97 Å². The van der Waals surface area contributed by atoms with E-state index in [0.29, 0.717) is 5.69 Å². The number of aryl methyl sites for hydroxylation is 1. The molecule has 2 heterocycles. The van der Waals surface area contributed by atoms with Gasteiger partial charge in [0.15, 0.2) is 0 Å².